The zero-order valence-electron chi connectivity index (χ0n) is 25.1. The number of cyclic esters (lactones) is 1. The number of hydrogen-bond acceptors (Lipinski definition) is 9. The first kappa shape index (κ1) is 28.4. The van der Waals surface area contributed by atoms with Gasteiger partial charge in [-0.25, -0.2) is 0 Å². The Morgan fingerprint density at radius 1 is 1.15 bits per heavy atom. The van der Waals surface area contributed by atoms with Crippen LogP contribution in [0.4, 0.5) is 0 Å². The Kier molecular flexibility index (Phi) is 6.35. The summed E-state index contributed by atoms with van der Waals surface area (Å²) in [6, 6.07) is 1.83. The smallest absolute Gasteiger partial charge is 0.308 e. The van der Waals surface area contributed by atoms with Crippen molar-refractivity contribution in [2.75, 3.05) is 7.11 Å². The molecule has 0 radical (unpaired) electrons. The van der Waals surface area contributed by atoms with Gasteiger partial charge in [-0.3, -0.25) is 19.2 Å². The van der Waals surface area contributed by atoms with E-state index in [4.69, 9.17) is 23.4 Å². The number of carbonyl (C=O) groups excluding carboxylic acids is 4. The van der Waals surface area contributed by atoms with Crippen LogP contribution in [-0.2, 0) is 38.1 Å². The predicted molar refractivity (Wildman–Crippen MR) is 144 cm³/mol. The van der Waals surface area contributed by atoms with E-state index in [1.54, 1.807) is 12.5 Å². The van der Waals surface area contributed by atoms with Crippen LogP contribution in [0, 0.1) is 45.8 Å². The van der Waals surface area contributed by atoms with Gasteiger partial charge in [-0.05, 0) is 31.2 Å². The fourth-order valence-electron chi connectivity index (χ4n) is 9.71. The van der Waals surface area contributed by atoms with Crippen LogP contribution >= 0.6 is 0 Å². The topological polar surface area (TPSA) is 122 Å². The van der Waals surface area contributed by atoms with Gasteiger partial charge in [0.05, 0.1) is 37.9 Å². The van der Waals surface area contributed by atoms with E-state index in [-0.39, 0.29) is 48.3 Å². The van der Waals surface area contributed by atoms with E-state index in [0.717, 1.165) is 5.56 Å². The second kappa shape index (κ2) is 9.16. The minimum atomic E-state index is -0.942. The van der Waals surface area contributed by atoms with Crippen LogP contribution in [0.1, 0.15) is 85.3 Å². The summed E-state index contributed by atoms with van der Waals surface area (Å²) in [6.07, 6.45) is 3.64. The summed E-state index contributed by atoms with van der Waals surface area (Å²) in [5.41, 5.74) is -2.07. The molecule has 5 aliphatic rings. The minimum absolute atomic E-state index is 0.0100. The normalized spacial score (nSPS) is 44.4. The Bertz CT molecular complexity index is 1270. The number of carbonyl (C=O) groups is 4. The highest BCUT2D eigenvalue weighted by Crippen LogP contribution is 2.77. The molecule has 5 fully saturated rings. The molecule has 0 amide bonds. The second-order valence-electron chi connectivity index (χ2n) is 14.2. The maximum Gasteiger partial charge on any atom is 0.308 e. The number of rotatable bonds is 6. The number of ketones is 1. The molecule has 3 heterocycles. The Hall–Kier alpha value is -2.68. The summed E-state index contributed by atoms with van der Waals surface area (Å²) >= 11 is 0. The molecule has 0 unspecified atom stereocenters. The number of fused-ring (bicyclic) bond motifs is 5. The van der Waals surface area contributed by atoms with Crippen molar-refractivity contribution in [2.24, 2.45) is 45.8 Å². The van der Waals surface area contributed by atoms with Crippen molar-refractivity contribution in [3.05, 3.63) is 24.2 Å². The molecule has 3 aliphatic carbocycles. The van der Waals surface area contributed by atoms with E-state index in [0.29, 0.717) is 19.3 Å². The maximum absolute atomic E-state index is 14.6. The number of hydrogen-bond donors (Lipinski definition) is 0. The Morgan fingerprint density at radius 3 is 2.51 bits per heavy atom. The van der Waals surface area contributed by atoms with Gasteiger partial charge >= 0.3 is 17.9 Å². The standard InChI is InChI=1S/C32H42O9/c1-8-16(2)28(36)40-26-23-24(35)31(6,19(29(26,3)4)13-21(33)37-7)18-9-11-30(5)20(32(18)27(23)41-32)14-22(34)39-25(30)17-10-12-38-15-17/h10,12,15-16,18-20,23,25-27H,8-9,11,13-14H2,1-7H3/t16-,18-,19+,20-,23-,25+,26-,27-,30-,31-,32-/m1/s1. The van der Waals surface area contributed by atoms with E-state index in [2.05, 4.69) is 6.92 Å². The van der Waals surface area contributed by atoms with Gasteiger partial charge in [-0.15, -0.1) is 0 Å². The van der Waals surface area contributed by atoms with Gasteiger partial charge in [-0.1, -0.05) is 41.5 Å². The SMILES string of the molecule is CC[C@@H](C)C(=O)O[C@@H]1[C@H]2C(=O)[C@](C)([C@H]3CC[C@]4(C)[C@@H](CC(=O)O[C@H]4c4ccoc4)[C@]34O[C@H]24)[C@@H](CC(=O)OC)C1(C)C. The van der Waals surface area contributed by atoms with Crippen molar-refractivity contribution in [3.63, 3.8) is 0 Å². The van der Waals surface area contributed by atoms with Crippen molar-refractivity contribution in [1.29, 1.82) is 0 Å². The van der Waals surface area contributed by atoms with Crippen LogP contribution in [0.3, 0.4) is 0 Å². The van der Waals surface area contributed by atoms with Gasteiger partial charge in [0.1, 0.15) is 29.7 Å². The fourth-order valence-corrected chi connectivity index (χ4v) is 9.71. The number of furan rings is 1. The first-order valence-corrected chi connectivity index (χ1v) is 15.0. The second-order valence-corrected chi connectivity index (χ2v) is 14.2. The Morgan fingerprint density at radius 2 is 1.88 bits per heavy atom. The van der Waals surface area contributed by atoms with Crippen LogP contribution < -0.4 is 0 Å². The monoisotopic (exact) mass is 570 g/mol. The number of esters is 3. The lowest BCUT2D eigenvalue weighted by atomic mass is 9.37. The van der Waals surface area contributed by atoms with Crippen molar-refractivity contribution in [1.82, 2.24) is 0 Å². The van der Waals surface area contributed by atoms with E-state index in [1.165, 1.54) is 7.11 Å². The van der Waals surface area contributed by atoms with Gasteiger partial charge in [0.2, 0.25) is 0 Å². The van der Waals surface area contributed by atoms with Gasteiger partial charge in [-0.2, -0.15) is 0 Å². The predicted octanol–water partition coefficient (Wildman–Crippen LogP) is 4.82. The lowest BCUT2D eigenvalue weighted by Crippen LogP contribution is -2.72. The summed E-state index contributed by atoms with van der Waals surface area (Å²) in [4.78, 5) is 53.9. The molecule has 41 heavy (non-hydrogen) atoms. The molecule has 2 bridgehead atoms. The lowest BCUT2D eigenvalue weighted by Gasteiger charge is -2.65. The highest BCUT2D eigenvalue weighted by molar-refractivity contribution is 5.93. The third kappa shape index (κ3) is 3.63. The number of ether oxygens (including phenoxy) is 4. The first-order chi connectivity index (χ1) is 19.3. The third-order valence-corrected chi connectivity index (χ3v) is 12.1. The fraction of sp³-hybridized carbons (Fsp3) is 0.750. The van der Waals surface area contributed by atoms with Gasteiger partial charge in [0.25, 0.3) is 0 Å². The van der Waals surface area contributed by atoms with Gasteiger partial charge in [0.15, 0.2) is 0 Å². The molecule has 1 aromatic rings. The number of epoxide rings is 1. The number of methoxy groups -OCH3 is 1. The molecule has 224 valence electrons. The minimum Gasteiger partial charge on any atom is -0.472 e. The summed E-state index contributed by atoms with van der Waals surface area (Å²) in [5, 5.41) is 0. The maximum atomic E-state index is 14.6. The summed E-state index contributed by atoms with van der Waals surface area (Å²) in [5.74, 6) is -2.99. The molecule has 2 aliphatic heterocycles. The Labute approximate surface area is 241 Å². The van der Waals surface area contributed by atoms with E-state index < -0.39 is 58.0 Å². The molecule has 2 saturated heterocycles. The summed E-state index contributed by atoms with van der Waals surface area (Å²) in [6.45, 7) is 11.9. The average molecular weight is 571 g/mol. The third-order valence-electron chi connectivity index (χ3n) is 12.1. The Balaban J connectivity index is 1.48. The van der Waals surface area contributed by atoms with E-state index in [9.17, 15) is 19.2 Å². The highest BCUT2D eigenvalue weighted by Gasteiger charge is 2.86. The number of Topliss-reactive ketones (excluding diaryl/α,β-unsaturated/α-hetero) is 1. The van der Waals surface area contributed by atoms with Crippen molar-refractivity contribution < 1.29 is 42.5 Å². The van der Waals surface area contributed by atoms with E-state index in [1.807, 2.05) is 40.7 Å². The lowest BCUT2D eigenvalue weighted by molar-refractivity contribution is -0.222. The van der Waals surface area contributed by atoms with Crippen LogP contribution in [0.15, 0.2) is 23.0 Å². The molecule has 1 aromatic heterocycles. The van der Waals surface area contributed by atoms with Gasteiger partial charge < -0.3 is 23.4 Å². The molecule has 1 spiro atoms. The van der Waals surface area contributed by atoms with Crippen LogP contribution in [0.5, 0.6) is 0 Å². The molecule has 3 saturated carbocycles. The molecule has 0 N–H and O–H groups in total. The van der Waals surface area contributed by atoms with Crippen molar-refractivity contribution >= 4 is 23.7 Å². The zero-order chi connectivity index (χ0) is 29.7. The molecule has 9 nitrogen and oxygen atoms in total. The molecule has 11 atom stereocenters. The van der Waals surface area contributed by atoms with Crippen LogP contribution in [0.25, 0.3) is 0 Å². The molecular weight excluding hydrogens is 528 g/mol. The van der Waals surface area contributed by atoms with Gasteiger partial charge in [0, 0.05) is 40.1 Å². The highest BCUT2D eigenvalue weighted by atomic mass is 16.6. The molecule has 0 aromatic carbocycles. The first-order valence-electron chi connectivity index (χ1n) is 15.0. The molecular formula is C32H42O9. The van der Waals surface area contributed by atoms with Crippen molar-refractivity contribution in [3.8, 4) is 0 Å². The largest absolute Gasteiger partial charge is 0.472 e. The summed E-state index contributed by atoms with van der Waals surface area (Å²) in [7, 11) is 1.35. The molecule has 9 heteroatoms. The van der Waals surface area contributed by atoms with Crippen LogP contribution in [-0.4, -0.2) is 48.6 Å². The summed E-state index contributed by atoms with van der Waals surface area (Å²) < 4.78 is 29.5. The average Bonchev–Trinajstić information content (AvgIpc) is 3.39. The van der Waals surface area contributed by atoms with Crippen LogP contribution in [0.2, 0.25) is 0 Å². The molecule has 6 rings (SSSR count). The quantitative estimate of drug-likeness (QED) is 0.269. The van der Waals surface area contributed by atoms with E-state index >= 15 is 0 Å². The van der Waals surface area contributed by atoms with Crippen molar-refractivity contribution in [2.45, 2.75) is 97.6 Å². The zero-order valence-corrected chi connectivity index (χ0v) is 25.1.